The molecular weight excluding hydrogens is 248 g/mol. The molecule has 1 aromatic heterocycles. The average Bonchev–Trinajstić information content (AvgIpc) is 2.87. The van der Waals surface area contributed by atoms with Gasteiger partial charge in [0.2, 0.25) is 0 Å². The molecule has 0 fully saturated rings. The van der Waals surface area contributed by atoms with Crippen LogP contribution in [0.25, 0.3) is 17.1 Å². The molecular formula is C17H17N2O+. The highest BCUT2D eigenvalue weighted by Crippen LogP contribution is 2.09. The Kier molecular flexibility index (Phi) is 3.61. The number of fused-ring (bicyclic) bond motifs is 1. The molecule has 0 amide bonds. The van der Waals surface area contributed by atoms with Crippen molar-refractivity contribution in [3.8, 4) is 0 Å². The van der Waals surface area contributed by atoms with Gasteiger partial charge in [0.05, 0.1) is 0 Å². The zero-order valence-electron chi connectivity index (χ0n) is 11.2. The SMILES string of the molecule is OCc1[nH]c2ccccc2[n+]1CC=Cc1ccccc1. The Bertz CT molecular complexity index is 729. The van der Waals surface area contributed by atoms with Crippen LogP contribution in [0.4, 0.5) is 0 Å². The largest absolute Gasteiger partial charge is 0.384 e. The van der Waals surface area contributed by atoms with Gasteiger partial charge in [-0.2, -0.15) is 0 Å². The zero-order chi connectivity index (χ0) is 13.8. The van der Waals surface area contributed by atoms with E-state index in [-0.39, 0.29) is 6.61 Å². The number of hydrogen-bond acceptors (Lipinski definition) is 1. The van der Waals surface area contributed by atoms with Crippen molar-refractivity contribution in [1.29, 1.82) is 0 Å². The summed E-state index contributed by atoms with van der Waals surface area (Å²) in [6.45, 7) is 0.739. The first-order valence-electron chi connectivity index (χ1n) is 6.70. The van der Waals surface area contributed by atoms with Gasteiger partial charge in [0.1, 0.15) is 13.2 Å². The molecule has 0 saturated carbocycles. The summed E-state index contributed by atoms with van der Waals surface area (Å²) in [6, 6.07) is 18.3. The van der Waals surface area contributed by atoms with Gasteiger partial charge in [-0.05, 0) is 23.8 Å². The van der Waals surface area contributed by atoms with Crippen LogP contribution in [0.15, 0.2) is 60.7 Å². The molecule has 1 heterocycles. The first kappa shape index (κ1) is 12.6. The van der Waals surface area contributed by atoms with Crippen LogP contribution in [0.1, 0.15) is 11.4 Å². The molecule has 0 spiro atoms. The summed E-state index contributed by atoms with van der Waals surface area (Å²) in [6.07, 6.45) is 4.20. The number of hydrogen-bond donors (Lipinski definition) is 2. The normalized spacial score (nSPS) is 11.4. The number of aromatic amines is 1. The predicted molar refractivity (Wildman–Crippen MR) is 79.9 cm³/mol. The lowest BCUT2D eigenvalue weighted by molar-refractivity contribution is -0.670. The van der Waals surface area contributed by atoms with E-state index >= 15 is 0 Å². The molecule has 0 aliphatic heterocycles. The lowest BCUT2D eigenvalue weighted by atomic mass is 10.2. The fourth-order valence-corrected chi connectivity index (χ4v) is 2.37. The van der Waals surface area contributed by atoms with Crippen LogP contribution in [0.2, 0.25) is 0 Å². The number of aliphatic hydroxyl groups excluding tert-OH is 1. The number of H-pyrrole nitrogens is 1. The smallest absolute Gasteiger partial charge is 0.281 e. The van der Waals surface area contributed by atoms with Crippen molar-refractivity contribution in [3.05, 3.63) is 72.1 Å². The summed E-state index contributed by atoms with van der Waals surface area (Å²) in [7, 11) is 0. The lowest BCUT2D eigenvalue weighted by Gasteiger charge is -1.96. The molecule has 3 aromatic rings. The molecule has 3 heteroatoms. The van der Waals surface area contributed by atoms with Crippen LogP contribution in [0, 0.1) is 0 Å². The van der Waals surface area contributed by atoms with E-state index in [4.69, 9.17) is 0 Å². The Morgan fingerprint density at radius 2 is 1.75 bits per heavy atom. The number of rotatable bonds is 4. The first-order chi connectivity index (χ1) is 9.88. The van der Waals surface area contributed by atoms with Gasteiger partial charge in [-0.25, -0.2) is 9.55 Å². The maximum Gasteiger partial charge on any atom is 0.281 e. The number of allylic oxidation sites excluding steroid dienone is 1. The summed E-state index contributed by atoms with van der Waals surface area (Å²) in [5.41, 5.74) is 3.33. The molecule has 0 unspecified atom stereocenters. The highest BCUT2D eigenvalue weighted by Gasteiger charge is 2.15. The second-order valence-corrected chi connectivity index (χ2v) is 4.67. The number of para-hydroxylation sites is 2. The number of nitrogens with zero attached hydrogens (tertiary/aromatic N) is 1. The molecule has 100 valence electrons. The molecule has 0 radical (unpaired) electrons. The van der Waals surface area contributed by atoms with E-state index < -0.39 is 0 Å². The summed E-state index contributed by atoms with van der Waals surface area (Å²) in [4.78, 5) is 3.24. The van der Waals surface area contributed by atoms with Crippen molar-refractivity contribution in [2.75, 3.05) is 0 Å². The van der Waals surface area contributed by atoms with E-state index in [1.165, 1.54) is 5.56 Å². The van der Waals surface area contributed by atoms with Gasteiger partial charge in [0.15, 0.2) is 11.0 Å². The Morgan fingerprint density at radius 1 is 1.00 bits per heavy atom. The topological polar surface area (TPSA) is 39.9 Å². The predicted octanol–water partition coefficient (Wildman–Crippen LogP) is 2.66. The van der Waals surface area contributed by atoms with Gasteiger partial charge in [0, 0.05) is 0 Å². The van der Waals surface area contributed by atoms with Crippen molar-refractivity contribution in [1.82, 2.24) is 4.98 Å². The van der Waals surface area contributed by atoms with Crippen LogP contribution in [0.5, 0.6) is 0 Å². The summed E-state index contributed by atoms with van der Waals surface area (Å²) >= 11 is 0. The summed E-state index contributed by atoms with van der Waals surface area (Å²) in [5.74, 6) is 0.823. The Balaban J connectivity index is 1.89. The van der Waals surface area contributed by atoms with Crippen LogP contribution >= 0.6 is 0 Å². The van der Waals surface area contributed by atoms with Gasteiger partial charge in [-0.15, -0.1) is 0 Å². The zero-order valence-corrected chi connectivity index (χ0v) is 11.2. The average molecular weight is 265 g/mol. The van der Waals surface area contributed by atoms with Gasteiger partial charge in [-0.3, -0.25) is 0 Å². The fraction of sp³-hybridized carbons (Fsp3) is 0.118. The second-order valence-electron chi connectivity index (χ2n) is 4.67. The highest BCUT2D eigenvalue weighted by atomic mass is 16.3. The van der Waals surface area contributed by atoms with E-state index in [0.29, 0.717) is 0 Å². The Hall–Kier alpha value is -2.39. The third-order valence-electron chi connectivity index (χ3n) is 3.35. The minimum atomic E-state index is 0.00779. The molecule has 0 bridgehead atoms. The van der Waals surface area contributed by atoms with Crippen molar-refractivity contribution in [3.63, 3.8) is 0 Å². The molecule has 3 nitrogen and oxygen atoms in total. The monoisotopic (exact) mass is 265 g/mol. The molecule has 0 aliphatic rings. The molecule has 2 aromatic carbocycles. The van der Waals surface area contributed by atoms with Crippen LogP contribution in [-0.4, -0.2) is 10.1 Å². The third-order valence-corrected chi connectivity index (χ3v) is 3.35. The molecule has 0 aliphatic carbocycles. The third kappa shape index (κ3) is 2.49. The van der Waals surface area contributed by atoms with E-state index in [0.717, 1.165) is 23.4 Å². The number of aromatic nitrogens is 2. The van der Waals surface area contributed by atoms with E-state index in [1.807, 2.05) is 36.4 Å². The standard InChI is InChI=1S/C17H16N2O/c20-13-17-18-15-10-4-5-11-16(15)19(17)12-6-9-14-7-2-1-3-8-14/h1-11,20H,12-13H2/p+1. The van der Waals surface area contributed by atoms with Gasteiger partial charge < -0.3 is 5.11 Å². The Labute approximate surface area is 117 Å². The molecule has 0 atom stereocenters. The first-order valence-corrected chi connectivity index (χ1v) is 6.70. The fourth-order valence-electron chi connectivity index (χ4n) is 2.37. The van der Waals surface area contributed by atoms with Crippen LogP contribution < -0.4 is 4.57 Å². The minimum absolute atomic E-state index is 0.00779. The maximum absolute atomic E-state index is 9.46. The quantitative estimate of drug-likeness (QED) is 0.699. The molecule has 20 heavy (non-hydrogen) atoms. The van der Waals surface area contributed by atoms with Crippen molar-refractivity contribution >= 4 is 17.1 Å². The van der Waals surface area contributed by atoms with E-state index in [1.54, 1.807) is 0 Å². The Morgan fingerprint density at radius 3 is 2.55 bits per heavy atom. The minimum Gasteiger partial charge on any atom is -0.384 e. The molecule has 2 N–H and O–H groups in total. The highest BCUT2D eigenvalue weighted by molar-refractivity contribution is 5.71. The second kappa shape index (κ2) is 5.72. The van der Waals surface area contributed by atoms with Crippen molar-refractivity contribution in [2.24, 2.45) is 0 Å². The van der Waals surface area contributed by atoms with Crippen molar-refractivity contribution < 1.29 is 9.67 Å². The van der Waals surface area contributed by atoms with E-state index in [9.17, 15) is 5.11 Å². The maximum atomic E-state index is 9.46. The number of nitrogens with one attached hydrogen (secondary N) is 1. The van der Waals surface area contributed by atoms with Crippen LogP contribution in [0.3, 0.4) is 0 Å². The van der Waals surface area contributed by atoms with E-state index in [2.05, 4.69) is 39.9 Å². The van der Waals surface area contributed by atoms with Gasteiger partial charge in [-0.1, -0.05) is 48.5 Å². The summed E-state index contributed by atoms with van der Waals surface area (Å²) < 4.78 is 2.09. The van der Waals surface area contributed by atoms with Crippen molar-refractivity contribution in [2.45, 2.75) is 13.2 Å². The number of imidazole rings is 1. The number of aliphatic hydroxyl groups is 1. The van der Waals surface area contributed by atoms with Gasteiger partial charge >= 0.3 is 0 Å². The number of benzene rings is 2. The van der Waals surface area contributed by atoms with Gasteiger partial charge in [0.25, 0.3) is 5.82 Å². The van der Waals surface area contributed by atoms with Crippen LogP contribution in [-0.2, 0) is 13.2 Å². The molecule has 3 rings (SSSR count). The lowest BCUT2D eigenvalue weighted by Crippen LogP contribution is -2.36. The molecule has 0 saturated heterocycles. The summed E-state index contributed by atoms with van der Waals surface area (Å²) in [5, 5.41) is 9.46.